The molecule has 7 heteroatoms. The quantitative estimate of drug-likeness (QED) is 0.418. The van der Waals surface area contributed by atoms with Gasteiger partial charge in [-0.05, 0) is 35.1 Å². The molecule has 0 aliphatic carbocycles. The lowest BCUT2D eigenvalue weighted by atomic mass is 9.92. The standard InChI is InChI=1S/C22H28N4O3/c1-2-6-16(13-18-9-5-8-17-7-3-4-10-19(17)18)15-26(25-21(28)14-23)22(29)12-11-20(24)27/h2-5,7-10,16H,1,6,11-15,23H2,(H2,24,27)(H,25,28)/t16-/m0/s1. The topological polar surface area (TPSA) is 119 Å². The van der Waals surface area contributed by atoms with Crippen LogP contribution in [0.4, 0.5) is 0 Å². The van der Waals surface area contributed by atoms with E-state index >= 15 is 0 Å². The molecular weight excluding hydrogens is 368 g/mol. The fraction of sp³-hybridized carbons (Fsp3) is 0.318. The minimum atomic E-state index is -0.568. The van der Waals surface area contributed by atoms with Gasteiger partial charge in [-0.15, -0.1) is 6.58 Å². The monoisotopic (exact) mass is 396 g/mol. The second kappa shape index (κ2) is 11.0. The van der Waals surface area contributed by atoms with Crippen molar-refractivity contribution >= 4 is 28.5 Å². The van der Waals surface area contributed by atoms with Crippen molar-refractivity contribution in [2.75, 3.05) is 13.1 Å². The number of fused-ring (bicyclic) bond motifs is 1. The number of hydrazine groups is 1. The van der Waals surface area contributed by atoms with Crippen LogP contribution in [0.3, 0.4) is 0 Å². The maximum atomic E-state index is 12.5. The number of carbonyl (C=O) groups excluding carboxylic acids is 3. The van der Waals surface area contributed by atoms with Crippen LogP contribution in [0.25, 0.3) is 10.8 Å². The summed E-state index contributed by atoms with van der Waals surface area (Å²) in [6, 6.07) is 14.3. The average Bonchev–Trinajstić information content (AvgIpc) is 2.71. The first-order valence-corrected chi connectivity index (χ1v) is 9.60. The summed E-state index contributed by atoms with van der Waals surface area (Å²) < 4.78 is 0. The molecule has 0 saturated heterocycles. The molecule has 0 unspecified atom stereocenters. The molecule has 2 rings (SSSR count). The van der Waals surface area contributed by atoms with Gasteiger partial charge in [-0.2, -0.15) is 0 Å². The third-order valence-electron chi connectivity index (χ3n) is 4.66. The summed E-state index contributed by atoms with van der Waals surface area (Å²) in [4.78, 5) is 35.4. The lowest BCUT2D eigenvalue weighted by Crippen LogP contribution is -2.50. The van der Waals surface area contributed by atoms with Gasteiger partial charge in [0.25, 0.3) is 5.91 Å². The molecule has 154 valence electrons. The third-order valence-corrected chi connectivity index (χ3v) is 4.66. The highest BCUT2D eigenvalue weighted by Gasteiger charge is 2.21. The number of primary amides is 1. The summed E-state index contributed by atoms with van der Waals surface area (Å²) in [7, 11) is 0. The van der Waals surface area contributed by atoms with Gasteiger partial charge >= 0.3 is 0 Å². The molecule has 0 bridgehead atoms. The first-order valence-electron chi connectivity index (χ1n) is 9.60. The van der Waals surface area contributed by atoms with Crippen LogP contribution < -0.4 is 16.9 Å². The second-order valence-corrected chi connectivity index (χ2v) is 6.94. The number of nitrogens with two attached hydrogens (primary N) is 2. The zero-order valence-electron chi connectivity index (χ0n) is 16.5. The fourth-order valence-corrected chi connectivity index (χ4v) is 3.27. The molecule has 29 heavy (non-hydrogen) atoms. The van der Waals surface area contributed by atoms with Crippen LogP contribution in [0.2, 0.25) is 0 Å². The van der Waals surface area contributed by atoms with Crippen LogP contribution in [-0.4, -0.2) is 35.8 Å². The van der Waals surface area contributed by atoms with Crippen molar-refractivity contribution in [2.24, 2.45) is 17.4 Å². The number of hydrogen-bond donors (Lipinski definition) is 3. The highest BCUT2D eigenvalue weighted by atomic mass is 16.2. The summed E-state index contributed by atoms with van der Waals surface area (Å²) in [5.74, 6) is -1.40. The molecule has 5 N–H and O–H groups in total. The minimum absolute atomic E-state index is 0.0221. The van der Waals surface area contributed by atoms with E-state index in [0.29, 0.717) is 12.8 Å². The van der Waals surface area contributed by atoms with Crippen molar-refractivity contribution < 1.29 is 14.4 Å². The van der Waals surface area contributed by atoms with E-state index in [4.69, 9.17) is 11.5 Å². The highest BCUT2D eigenvalue weighted by Crippen LogP contribution is 2.23. The van der Waals surface area contributed by atoms with Crippen molar-refractivity contribution in [1.29, 1.82) is 0 Å². The van der Waals surface area contributed by atoms with Gasteiger partial charge in [0.2, 0.25) is 11.8 Å². The summed E-state index contributed by atoms with van der Waals surface area (Å²) >= 11 is 0. The first-order chi connectivity index (χ1) is 13.9. The summed E-state index contributed by atoms with van der Waals surface area (Å²) in [5.41, 5.74) is 14.2. The Kier molecular flexibility index (Phi) is 8.36. The van der Waals surface area contributed by atoms with Crippen LogP contribution in [0, 0.1) is 5.92 Å². The number of benzene rings is 2. The number of nitrogens with zero attached hydrogens (tertiary/aromatic N) is 1. The predicted molar refractivity (Wildman–Crippen MR) is 113 cm³/mol. The summed E-state index contributed by atoms with van der Waals surface area (Å²) in [6.45, 7) is 3.86. The van der Waals surface area contributed by atoms with Gasteiger partial charge in [0.05, 0.1) is 6.54 Å². The maximum Gasteiger partial charge on any atom is 0.252 e. The molecule has 3 amide bonds. The Balaban J connectivity index is 2.20. The fourth-order valence-electron chi connectivity index (χ4n) is 3.27. The molecule has 0 spiro atoms. The molecule has 0 saturated carbocycles. The lowest BCUT2D eigenvalue weighted by molar-refractivity contribution is -0.142. The van der Waals surface area contributed by atoms with E-state index in [0.717, 1.165) is 16.3 Å². The Labute approximate surface area is 170 Å². The van der Waals surface area contributed by atoms with Crippen LogP contribution in [0.5, 0.6) is 0 Å². The highest BCUT2D eigenvalue weighted by molar-refractivity contribution is 5.86. The van der Waals surface area contributed by atoms with Crippen LogP contribution >= 0.6 is 0 Å². The lowest BCUT2D eigenvalue weighted by Gasteiger charge is -2.28. The van der Waals surface area contributed by atoms with Crippen molar-refractivity contribution in [1.82, 2.24) is 10.4 Å². The Morgan fingerprint density at radius 2 is 1.83 bits per heavy atom. The molecule has 0 aliphatic heterocycles. The zero-order chi connectivity index (χ0) is 21.2. The normalized spacial score (nSPS) is 11.6. The minimum Gasteiger partial charge on any atom is -0.370 e. The van der Waals surface area contributed by atoms with E-state index in [-0.39, 0.29) is 37.8 Å². The van der Waals surface area contributed by atoms with Gasteiger partial charge in [0.1, 0.15) is 0 Å². The van der Waals surface area contributed by atoms with Gasteiger partial charge in [0.15, 0.2) is 0 Å². The van der Waals surface area contributed by atoms with Crippen LogP contribution in [0.15, 0.2) is 55.1 Å². The average molecular weight is 396 g/mol. The molecule has 0 fully saturated rings. The number of allylic oxidation sites excluding steroid dienone is 1. The number of carbonyl (C=O) groups is 3. The molecule has 2 aromatic carbocycles. The SMILES string of the molecule is C=CC[C@@H](Cc1cccc2ccccc12)CN(NC(=O)CN)C(=O)CCC(N)=O. The van der Waals surface area contributed by atoms with Crippen LogP contribution in [-0.2, 0) is 20.8 Å². The summed E-state index contributed by atoms with van der Waals surface area (Å²) in [6.07, 6.45) is 3.00. The molecule has 0 radical (unpaired) electrons. The maximum absolute atomic E-state index is 12.5. The Morgan fingerprint density at radius 1 is 1.10 bits per heavy atom. The van der Waals surface area contributed by atoms with Crippen molar-refractivity contribution in [3.05, 3.63) is 60.7 Å². The molecular formula is C22H28N4O3. The Morgan fingerprint density at radius 3 is 2.52 bits per heavy atom. The Bertz CT molecular complexity index is 876. The largest absolute Gasteiger partial charge is 0.370 e. The molecule has 7 nitrogen and oxygen atoms in total. The van der Waals surface area contributed by atoms with Gasteiger partial charge in [0, 0.05) is 19.4 Å². The molecule has 1 atom stereocenters. The van der Waals surface area contributed by atoms with Crippen molar-refractivity contribution in [3.8, 4) is 0 Å². The van der Waals surface area contributed by atoms with Gasteiger partial charge in [-0.25, -0.2) is 0 Å². The van der Waals surface area contributed by atoms with E-state index in [1.54, 1.807) is 6.08 Å². The number of hydrogen-bond acceptors (Lipinski definition) is 4. The number of rotatable bonds is 10. The molecule has 0 aliphatic rings. The van der Waals surface area contributed by atoms with E-state index < -0.39 is 11.8 Å². The predicted octanol–water partition coefficient (Wildman–Crippen LogP) is 1.66. The van der Waals surface area contributed by atoms with E-state index in [2.05, 4.69) is 36.3 Å². The molecule has 0 aromatic heterocycles. The van der Waals surface area contributed by atoms with Crippen LogP contribution in [0.1, 0.15) is 24.8 Å². The van der Waals surface area contributed by atoms with E-state index in [1.165, 1.54) is 5.01 Å². The molecule has 2 aromatic rings. The zero-order valence-corrected chi connectivity index (χ0v) is 16.5. The van der Waals surface area contributed by atoms with Gasteiger partial charge < -0.3 is 11.5 Å². The Hall–Kier alpha value is -3.19. The number of amides is 3. The van der Waals surface area contributed by atoms with Crippen molar-refractivity contribution in [3.63, 3.8) is 0 Å². The second-order valence-electron chi connectivity index (χ2n) is 6.94. The number of nitrogens with one attached hydrogen (secondary N) is 1. The van der Waals surface area contributed by atoms with Gasteiger partial charge in [-0.3, -0.25) is 24.8 Å². The van der Waals surface area contributed by atoms with E-state index in [1.807, 2.05) is 18.2 Å². The van der Waals surface area contributed by atoms with Gasteiger partial charge in [-0.1, -0.05) is 48.5 Å². The molecule has 0 heterocycles. The summed E-state index contributed by atoms with van der Waals surface area (Å²) in [5, 5.41) is 3.55. The smallest absolute Gasteiger partial charge is 0.252 e. The first kappa shape index (κ1) is 22.1. The van der Waals surface area contributed by atoms with E-state index in [9.17, 15) is 14.4 Å². The third kappa shape index (κ3) is 6.73. The van der Waals surface area contributed by atoms with Crippen molar-refractivity contribution in [2.45, 2.75) is 25.7 Å².